The summed E-state index contributed by atoms with van der Waals surface area (Å²) in [6.07, 6.45) is 1.63. The van der Waals surface area contributed by atoms with E-state index in [0.717, 1.165) is 0 Å². The number of benzene rings is 1. The lowest BCUT2D eigenvalue weighted by molar-refractivity contribution is 0.0696. The number of carboxylic acid groups (broad SMARTS) is 1. The molecule has 4 nitrogen and oxygen atoms in total. The molecule has 0 atom stereocenters. The summed E-state index contributed by atoms with van der Waals surface area (Å²) in [5, 5.41) is 8.89. The van der Waals surface area contributed by atoms with Crippen LogP contribution in [0.3, 0.4) is 0 Å². The predicted octanol–water partition coefficient (Wildman–Crippen LogP) is 2.88. The average Bonchev–Trinajstić information content (AvgIpc) is 2.30. The molecule has 0 aliphatic rings. The topological polar surface area (TPSA) is 59.4 Å². The van der Waals surface area contributed by atoms with E-state index in [-0.39, 0.29) is 5.56 Å². The van der Waals surface area contributed by atoms with E-state index in [1.165, 1.54) is 6.07 Å². The van der Waals surface area contributed by atoms with Crippen molar-refractivity contribution >= 4 is 5.97 Å². The summed E-state index contributed by atoms with van der Waals surface area (Å²) >= 11 is 0. The maximum Gasteiger partial charge on any atom is 0.335 e. The summed E-state index contributed by atoms with van der Waals surface area (Å²) in [5.74, 6) is 0.119. The van der Waals surface area contributed by atoms with Crippen LogP contribution >= 0.6 is 0 Å². The number of rotatable bonds is 3. The average molecular weight is 229 g/mol. The van der Waals surface area contributed by atoms with E-state index in [9.17, 15) is 4.79 Å². The quantitative estimate of drug-likeness (QED) is 0.879. The van der Waals surface area contributed by atoms with Gasteiger partial charge in [-0.05, 0) is 36.8 Å². The van der Waals surface area contributed by atoms with Crippen molar-refractivity contribution < 1.29 is 14.6 Å². The van der Waals surface area contributed by atoms with Crippen molar-refractivity contribution in [1.82, 2.24) is 4.98 Å². The van der Waals surface area contributed by atoms with Crippen LogP contribution in [0.1, 0.15) is 15.9 Å². The van der Waals surface area contributed by atoms with Gasteiger partial charge in [-0.2, -0.15) is 0 Å². The number of aromatic carboxylic acids is 1. The van der Waals surface area contributed by atoms with Crippen LogP contribution in [-0.4, -0.2) is 16.1 Å². The second-order valence-corrected chi connectivity index (χ2v) is 3.55. The molecule has 0 bridgehead atoms. The molecular formula is C13H11NO3. The van der Waals surface area contributed by atoms with E-state index < -0.39 is 5.97 Å². The van der Waals surface area contributed by atoms with Gasteiger partial charge in [0.25, 0.3) is 0 Å². The second-order valence-electron chi connectivity index (χ2n) is 3.55. The van der Waals surface area contributed by atoms with Gasteiger partial charge in [-0.3, -0.25) is 0 Å². The zero-order valence-corrected chi connectivity index (χ0v) is 9.25. The van der Waals surface area contributed by atoms with E-state index in [1.54, 1.807) is 37.4 Å². The van der Waals surface area contributed by atoms with Crippen LogP contribution < -0.4 is 4.74 Å². The Bertz CT molecular complexity index is 538. The highest BCUT2D eigenvalue weighted by Gasteiger charge is 2.08. The Morgan fingerprint density at radius 1 is 1.29 bits per heavy atom. The van der Waals surface area contributed by atoms with Crippen molar-refractivity contribution in [3.8, 4) is 11.6 Å². The number of carbonyl (C=O) groups is 1. The summed E-state index contributed by atoms with van der Waals surface area (Å²) in [6.45, 7) is 1.73. The molecule has 0 saturated carbocycles. The molecule has 0 amide bonds. The van der Waals surface area contributed by atoms with Crippen LogP contribution in [0, 0.1) is 6.92 Å². The number of hydrogen-bond donors (Lipinski definition) is 1. The molecule has 1 N–H and O–H groups in total. The number of aromatic nitrogens is 1. The largest absolute Gasteiger partial charge is 0.478 e. The molecule has 0 fully saturated rings. The number of hydrogen-bond acceptors (Lipinski definition) is 3. The molecule has 0 radical (unpaired) electrons. The fraction of sp³-hybridized carbons (Fsp3) is 0.0769. The number of aryl methyl sites for hydroxylation is 1. The third kappa shape index (κ3) is 2.60. The summed E-state index contributed by atoms with van der Waals surface area (Å²) in [5.41, 5.74) is 0.935. The minimum absolute atomic E-state index is 0.276. The highest BCUT2D eigenvalue weighted by molar-refractivity contribution is 5.89. The molecule has 17 heavy (non-hydrogen) atoms. The molecule has 4 heteroatoms. The zero-order chi connectivity index (χ0) is 12.3. The van der Waals surface area contributed by atoms with Crippen molar-refractivity contribution in [2.24, 2.45) is 0 Å². The molecule has 0 unspecified atom stereocenters. The Hall–Kier alpha value is -2.36. The van der Waals surface area contributed by atoms with E-state index in [2.05, 4.69) is 4.98 Å². The molecule has 2 rings (SSSR count). The third-order valence-corrected chi connectivity index (χ3v) is 2.29. The normalized spacial score (nSPS) is 9.94. The van der Waals surface area contributed by atoms with Gasteiger partial charge in [-0.15, -0.1) is 0 Å². The molecule has 1 aromatic heterocycles. The van der Waals surface area contributed by atoms with E-state index in [0.29, 0.717) is 17.2 Å². The van der Waals surface area contributed by atoms with Gasteiger partial charge in [0, 0.05) is 12.3 Å². The second kappa shape index (κ2) is 4.65. The third-order valence-electron chi connectivity index (χ3n) is 2.29. The molecule has 0 spiro atoms. The standard InChI is InChI=1S/C13H11NO3/c1-9-8-10(5-6-11(9)13(15)16)17-12-4-2-3-7-14-12/h2-8H,1H3,(H,15,16). The van der Waals surface area contributed by atoms with Gasteiger partial charge in [0.1, 0.15) is 5.75 Å². The fourth-order valence-electron chi connectivity index (χ4n) is 1.47. The molecule has 1 aromatic carbocycles. The summed E-state index contributed by atoms with van der Waals surface area (Å²) < 4.78 is 5.49. The Balaban J connectivity index is 2.24. The highest BCUT2D eigenvalue weighted by Crippen LogP contribution is 2.22. The molecule has 2 aromatic rings. The van der Waals surface area contributed by atoms with Gasteiger partial charge in [0.05, 0.1) is 5.56 Å². The first-order chi connectivity index (χ1) is 8.16. The molecule has 0 saturated heterocycles. The minimum Gasteiger partial charge on any atom is -0.478 e. The maximum absolute atomic E-state index is 10.8. The highest BCUT2D eigenvalue weighted by atomic mass is 16.5. The molecule has 0 aliphatic heterocycles. The van der Waals surface area contributed by atoms with Gasteiger partial charge >= 0.3 is 5.97 Å². The van der Waals surface area contributed by atoms with Crippen LogP contribution in [0.2, 0.25) is 0 Å². The van der Waals surface area contributed by atoms with Crippen LogP contribution in [-0.2, 0) is 0 Å². The Kier molecular flexibility index (Phi) is 3.05. The van der Waals surface area contributed by atoms with Gasteiger partial charge in [-0.25, -0.2) is 9.78 Å². The Morgan fingerprint density at radius 3 is 2.71 bits per heavy atom. The van der Waals surface area contributed by atoms with Crippen LogP contribution in [0.4, 0.5) is 0 Å². The first-order valence-corrected chi connectivity index (χ1v) is 5.09. The predicted molar refractivity (Wildman–Crippen MR) is 62.4 cm³/mol. The van der Waals surface area contributed by atoms with Crippen LogP contribution in [0.15, 0.2) is 42.6 Å². The number of ether oxygens (including phenoxy) is 1. The summed E-state index contributed by atoms with van der Waals surface area (Å²) in [4.78, 5) is 14.9. The first-order valence-electron chi connectivity index (χ1n) is 5.09. The lowest BCUT2D eigenvalue weighted by Gasteiger charge is -2.06. The van der Waals surface area contributed by atoms with Crippen molar-refractivity contribution in [2.45, 2.75) is 6.92 Å². The summed E-state index contributed by atoms with van der Waals surface area (Å²) in [6, 6.07) is 10.2. The molecule has 86 valence electrons. The van der Waals surface area contributed by atoms with Gasteiger partial charge in [0.15, 0.2) is 0 Å². The van der Waals surface area contributed by atoms with E-state index in [1.807, 2.05) is 6.07 Å². The SMILES string of the molecule is Cc1cc(Oc2ccccn2)ccc1C(=O)O. The van der Waals surface area contributed by atoms with Crippen molar-refractivity contribution in [3.63, 3.8) is 0 Å². The van der Waals surface area contributed by atoms with Gasteiger partial charge in [-0.1, -0.05) is 6.07 Å². The fourth-order valence-corrected chi connectivity index (χ4v) is 1.47. The lowest BCUT2D eigenvalue weighted by Crippen LogP contribution is -1.99. The van der Waals surface area contributed by atoms with Gasteiger partial charge in [0.2, 0.25) is 5.88 Å². The maximum atomic E-state index is 10.8. The molecular weight excluding hydrogens is 218 g/mol. The van der Waals surface area contributed by atoms with E-state index in [4.69, 9.17) is 9.84 Å². The smallest absolute Gasteiger partial charge is 0.335 e. The minimum atomic E-state index is -0.938. The zero-order valence-electron chi connectivity index (χ0n) is 9.25. The van der Waals surface area contributed by atoms with Crippen LogP contribution in [0.25, 0.3) is 0 Å². The van der Waals surface area contributed by atoms with Gasteiger partial charge < -0.3 is 9.84 Å². The first kappa shape index (κ1) is 11.1. The monoisotopic (exact) mass is 229 g/mol. The van der Waals surface area contributed by atoms with E-state index >= 15 is 0 Å². The van der Waals surface area contributed by atoms with Crippen molar-refractivity contribution in [1.29, 1.82) is 0 Å². The Labute approximate surface area is 98.5 Å². The summed E-state index contributed by atoms with van der Waals surface area (Å²) in [7, 11) is 0. The number of pyridine rings is 1. The number of carboxylic acids is 1. The van der Waals surface area contributed by atoms with Crippen molar-refractivity contribution in [3.05, 3.63) is 53.7 Å². The molecule has 1 heterocycles. The number of nitrogens with zero attached hydrogens (tertiary/aromatic N) is 1. The molecule has 0 aliphatic carbocycles. The van der Waals surface area contributed by atoms with Crippen molar-refractivity contribution in [2.75, 3.05) is 0 Å². The lowest BCUT2D eigenvalue weighted by atomic mass is 10.1. The van der Waals surface area contributed by atoms with Crippen LogP contribution in [0.5, 0.6) is 11.6 Å². The Morgan fingerprint density at radius 2 is 2.12 bits per heavy atom.